The molecule has 2 aromatic carbocycles. The van der Waals surface area contributed by atoms with Crippen LogP contribution in [-0.2, 0) is 9.59 Å². The Bertz CT molecular complexity index is 1150. The standard InChI is InChI=1S/C22H17FN2O5/c1-12-11-17(24-30-12)25-19(13-5-9-16(29-2)10-6-13)18(21(27)22(25)28)20(26)14-3-7-15(23)8-4-14/h3-11,19,26H,1-2H3/t19-/m1/s1. The first-order valence-corrected chi connectivity index (χ1v) is 9.05. The van der Waals surface area contributed by atoms with Gasteiger partial charge in [0.05, 0.1) is 18.7 Å². The van der Waals surface area contributed by atoms with Crippen molar-refractivity contribution in [2.75, 3.05) is 12.0 Å². The second-order valence-corrected chi connectivity index (χ2v) is 6.74. The number of aromatic nitrogens is 1. The van der Waals surface area contributed by atoms with Crippen LogP contribution in [0.25, 0.3) is 5.76 Å². The fourth-order valence-corrected chi connectivity index (χ4v) is 3.40. The molecule has 1 N–H and O–H groups in total. The van der Waals surface area contributed by atoms with Gasteiger partial charge in [0.15, 0.2) is 5.82 Å². The lowest BCUT2D eigenvalue weighted by Gasteiger charge is -2.23. The van der Waals surface area contributed by atoms with E-state index in [1.807, 2.05) is 0 Å². The van der Waals surface area contributed by atoms with E-state index in [-0.39, 0.29) is 17.0 Å². The number of nitrogens with zero attached hydrogens (tertiary/aromatic N) is 2. The largest absolute Gasteiger partial charge is 0.507 e. The zero-order valence-corrected chi connectivity index (χ0v) is 16.1. The average molecular weight is 408 g/mol. The minimum Gasteiger partial charge on any atom is -0.507 e. The van der Waals surface area contributed by atoms with Crippen LogP contribution in [0.15, 0.2) is 64.7 Å². The van der Waals surface area contributed by atoms with Crippen LogP contribution in [0.2, 0.25) is 0 Å². The number of carbonyl (C=O) groups is 2. The van der Waals surface area contributed by atoms with Gasteiger partial charge < -0.3 is 14.4 Å². The number of halogens is 1. The Hall–Kier alpha value is -3.94. The van der Waals surface area contributed by atoms with Gasteiger partial charge in [-0.1, -0.05) is 17.3 Å². The molecule has 0 radical (unpaired) electrons. The zero-order valence-electron chi connectivity index (χ0n) is 16.1. The first-order chi connectivity index (χ1) is 14.4. The Morgan fingerprint density at radius 1 is 1.13 bits per heavy atom. The van der Waals surface area contributed by atoms with Gasteiger partial charge in [0.1, 0.15) is 23.1 Å². The maximum Gasteiger partial charge on any atom is 0.301 e. The second-order valence-electron chi connectivity index (χ2n) is 6.74. The lowest BCUT2D eigenvalue weighted by Crippen LogP contribution is -2.29. The van der Waals surface area contributed by atoms with Crippen LogP contribution in [0.3, 0.4) is 0 Å². The van der Waals surface area contributed by atoms with Crippen molar-refractivity contribution in [3.8, 4) is 5.75 Å². The Labute approximate surface area is 171 Å². The second kappa shape index (κ2) is 7.47. The molecule has 1 amide bonds. The monoisotopic (exact) mass is 408 g/mol. The number of amides is 1. The Morgan fingerprint density at radius 3 is 2.37 bits per heavy atom. The molecular weight excluding hydrogens is 391 g/mol. The molecule has 1 aromatic heterocycles. The van der Waals surface area contributed by atoms with Crippen LogP contribution in [0, 0.1) is 12.7 Å². The number of ether oxygens (including phenoxy) is 1. The molecule has 1 fully saturated rings. The van der Waals surface area contributed by atoms with E-state index >= 15 is 0 Å². The quantitative estimate of drug-likeness (QED) is 0.401. The minimum atomic E-state index is -0.953. The molecule has 0 unspecified atom stereocenters. The number of hydrogen-bond acceptors (Lipinski definition) is 6. The summed E-state index contributed by atoms with van der Waals surface area (Å²) in [6.07, 6.45) is 0. The number of rotatable bonds is 4. The van der Waals surface area contributed by atoms with Gasteiger partial charge in [-0.3, -0.25) is 14.5 Å². The van der Waals surface area contributed by atoms with Crippen LogP contribution >= 0.6 is 0 Å². The van der Waals surface area contributed by atoms with Gasteiger partial charge in [-0.15, -0.1) is 0 Å². The molecule has 4 rings (SSSR count). The van der Waals surface area contributed by atoms with Crippen molar-refractivity contribution in [3.63, 3.8) is 0 Å². The number of aliphatic hydroxyl groups excluding tert-OH is 1. The molecule has 0 aliphatic carbocycles. The molecule has 0 bridgehead atoms. The van der Waals surface area contributed by atoms with E-state index in [2.05, 4.69) is 5.16 Å². The molecule has 0 spiro atoms. The summed E-state index contributed by atoms with van der Waals surface area (Å²) in [6, 6.07) is 12.3. The van der Waals surface area contributed by atoms with Crippen molar-refractivity contribution >= 4 is 23.3 Å². The Kier molecular flexibility index (Phi) is 4.83. The van der Waals surface area contributed by atoms with E-state index < -0.39 is 29.3 Å². The van der Waals surface area contributed by atoms with Crippen molar-refractivity contribution in [2.45, 2.75) is 13.0 Å². The number of Topliss-reactive ketones (excluding diaryl/α,β-unsaturated/α-hetero) is 1. The molecule has 30 heavy (non-hydrogen) atoms. The molecule has 1 atom stereocenters. The molecule has 7 nitrogen and oxygen atoms in total. The number of carbonyl (C=O) groups excluding carboxylic acids is 2. The lowest BCUT2D eigenvalue weighted by molar-refractivity contribution is -0.132. The molecule has 3 aromatic rings. The topological polar surface area (TPSA) is 92.9 Å². The zero-order chi connectivity index (χ0) is 21.4. The van der Waals surface area contributed by atoms with E-state index in [0.717, 1.165) is 12.1 Å². The SMILES string of the molecule is COc1ccc([C@@H]2C(=C(O)c3ccc(F)cc3)C(=O)C(=O)N2c2cc(C)on2)cc1. The molecule has 2 heterocycles. The van der Waals surface area contributed by atoms with Crippen molar-refractivity contribution in [1.29, 1.82) is 0 Å². The summed E-state index contributed by atoms with van der Waals surface area (Å²) >= 11 is 0. The van der Waals surface area contributed by atoms with Gasteiger partial charge >= 0.3 is 5.91 Å². The number of aryl methyl sites for hydroxylation is 1. The fraction of sp³-hybridized carbons (Fsp3) is 0.136. The molecule has 1 aliphatic rings. The van der Waals surface area contributed by atoms with Gasteiger partial charge in [-0.2, -0.15) is 0 Å². The Morgan fingerprint density at radius 2 is 1.80 bits per heavy atom. The third kappa shape index (κ3) is 3.22. The number of anilines is 1. The third-order valence-corrected chi connectivity index (χ3v) is 4.86. The Balaban J connectivity index is 1.92. The first-order valence-electron chi connectivity index (χ1n) is 9.05. The highest BCUT2D eigenvalue weighted by Gasteiger charge is 2.48. The molecule has 152 valence electrons. The number of aliphatic hydroxyl groups is 1. The summed E-state index contributed by atoms with van der Waals surface area (Å²) < 4.78 is 23.6. The van der Waals surface area contributed by atoms with Crippen LogP contribution in [-0.4, -0.2) is 29.1 Å². The van der Waals surface area contributed by atoms with E-state index in [0.29, 0.717) is 17.1 Å². The smallest absolute Gasteiger partial charge is 0.301 e. The van der Waals surface area contributed by atoms with Gasteiger partial charge in [-0.05, 0) is 48.9 Å². The molecule has 0 saturated carbocycles. The van der Waals surface area contributed by atoms with Crippen molar-refractivity contribution in [2.24, 2.45) is 0 Å². The van der Waals surface area contributed by atoms with Crippen molar-refractivity contribution in [1.82, 2.24) is 5.16 Å². The third-order valence-electron chi connectivity index (χ3n) is 4.86. The maximum atomic E-state index is 13.3. The molecule has 1 aliphatic heterocycles. The van der Waals surface area contributed by atoms with Gasteiger partial charge in [-0.25, -0.2) is 4.39 Å². The summed E-state index contributed by atoms with van der Waals surface area (Å²) in [4.78, 5) is 27.0. The molecule has 1 saturated heterocycles. The first kappa shape index (κ1) is 19.4. The predicted molar refractivity (Wildman–Crippen MR) is 105 cm³/mol. The summed E-state index contributed by atoms with van der Waals surface area (Å²) in [7, 11) is 1.52. The minimum absolute atomic E-state index is 0.127. The van der Waals surface area contributed by atoms with E-state index in [1.165, 1.54) is 30.2 Å². The average Bonchev–Trinajstić information content (AvgIpc) is 3.29. The van der Waals surface area contributed by atoms with Crippen LogP contribution < -0.4 is 9.64 Å². The summed E-state index contributed by atoms with van der Waals surface area (Å²) in [5.41, 5.74) is 0.640. The highest BCUT2D eigenvalue weighted by molar-refractivity contribution is 6.51. The predicted octanol–water partition coefficient (Wildman–Crippen LogP) is 3.76. The summed E-state index contributed by atoms with van der Waals surface area (Å²) in [5.74, 6) is -1.43. The molecule has 8 heteroatoms. The maximum absolute atomic E-state index is 13.3. The normalized spacial score (nSPS) is 18.1. The molecular formula is C22H17FN2O5. The van der Waals surface area contributed by atoms with Crippen molar-refractivity contribution < 1.29 is 28.3 Å². The highest BCUT2D eigenvalue weighted by atomic mass is 19.1. The van der Waals surface area contributed by atoms with Crippen LogP contribution in [0.1, 0.15) is 22.9 Å². The number of benzene rings is 2. The number of methoxy groups -OCH3 is 1. The summed E-state index contributed by atoms with van der Waals surface area (Å²) in [6.45, 7) is 1.66. The fourth-order valence-electron chi connectivity index (χ4n) is 3.40. The van der Waals surface area contributed by atoms with E-state index in [1.54, 1.807) is 31.2 Å². The van der Waals surface area contributed by atoms with Crippen LogP contribution in [0.4, 0.5) is 10.2 Å². The lowest BCUT2D eigenvalue weighted by atomic mass is 9.95. The number of hydrogen-bond donors (Lipinski definition) is 1. The van der Waals surface area contributed by atoms with Crippen LogP contribution in [0.5, 0.6) is 5.75 Å². The summed E-state index contributed by atoms with van der Waals surface area (Å²) in [5, 5.41) is 14.8. The number of ketones is 1. The van der Waals surface area contributed by atoms with Crippen molar-refractivity contribution in [3.05, 3.63) is 82.9 Å². The van der Waals surface area contributed by atoms with Gasteiger partial charge in [0.2, 0.25) is 0 Å². The van der Waals surface area contributed by atoms with E-state index in [4.69, 9.17) is 9.26 Å². The van der Waals surface area contributed by atoms with Gasteiger partial charge in [0, 0.05) is 11.6 Å². The highest BCUT2D eigenvalue weighted by Crippen LogP contribution is 2.42. The van der Waals surface area contributed by atoms with E-state index in [9.17, 15) is 19.1 Å². The van der Waals surface area contributed by atoms with Gasteiger partial charge in [0.25, 0.3) is 5.78 Å².